The topological polar surface area (TPSA) is 60.8 Å². The lowest BCUT2D eigenvalue weighted by Crippen LogP contribution is -2.49. The van der Waals surface area contributed by atoms with Gasteiger partial charge in [-0.3, -0.25) is 0 Å². The number of fused-ring (bicyclic) bond motifs is 2. The summed E-state index contributed by atoms with van der Waals surface area (Å²) >= 11 is 6.10. The number of rotatable bonds is 0. The third-order valence-corrected chi connectivity index (χ3v) is 5.06. The van der Waals surface area contributed by atoms with E-state index in [4.69, 9.17) is 11.6 Å². The van der Waals surface area contributed by atoms with E-state index in [-0.39, 0.29) is 11.5 Å². The molecule has 2 unspecified atom stereocenters. The summed E-state index contributed by atoms with van der Waals surface area (Å²) in [5.41, 5.74) is 1.92. The van der Waals surface area contributed by atoms with E-state index < -0.39 is 12.2 Å². The molecule has 2 aliphatic rings. The molecular weight excluding hydrogens is 278 g/mol. The molecule has 1 fully saturated rings. The Labute approximate surface area is 123 Å². The number of nitrogens with zero attached hydrogens (tertiary/aromatic N) is 1. The van der Waals surface area contributed by atoms with Crippen LogP contribution in [-0.4, -0.2) is 33.8 Å². The molecule has 0 bridgehead atoms. The third-order valence-electron chi connectivity index (χ3n) is 4.82. The van der Waals surface area contributed by atoms with Crippen molar-refractivity contribution in [3.63, 3.8) is 0 Å². The Kier molecular flexibility index (Phi) is 3.18. The van der Waals surface area contributed by atoms with Gasteiger partial charge in [0.15, 0.2) is 0 Å². The number of hydrogen-bond donors (Lipinski definition) is 2. The van der Waals surface area contributed by atoms with Crippen molar-refractivity contribution in [1.82, 2.24) is 4.90 Å². The van der Waals surface area contributed by atoms with Crippen LogP contribution in [0.2, 0.25) is 5.02 Å². The quantitative estimate of drug-likeness (QED) is 0.773. The summed E-state index contributed by atoms with van der Waals surface area (Å²) in [6, 6.07) is 5.60. The van der Waals surface area contributed by atoms with E-state index in [9.17, 15) is 15.0 Å². The van der Waals surface area contributed by atoms with Gasteiger partial charge in [-0.15, -0.1) is 0 Å². The molecule has 2 N–H and O–H groups in total. The molecule has 4 nitrogen and oxygen atoms in total. The number of aliphatic hydroxyl groups is 1. The minimum Gasteiger partial charge on any atom is -0.465 e. The lowest BCUT2D eigenvalue weighted by atomic mass is 9.71. The highest BCUT2D eigenvalue weighted by molar-refractivity contribution is 6.30. The zero-order valence-electron chi connectivity index (χ0n) is 11.3. The first-order valence-corrected chi connectivity index (χ1v) is 7.28. The SMILES string of the molecule is C[C@H]1CC2(CCN1C(=O)O)CC(O)c1ccc(Cl)cc12. The fourth-order valence-electron chi connectivity index (χ4n) is 3.92. The summed E-state index contributed by atoms with van der Waals surface area (Å²) in [4.78, 5) is 12.7. The second-order valence-corrected chi connectivity index (χ2v) is 6.45. The first kappa shape index (κ1) is 13.7. The van der Waals surface area contributed by atoms with Crippen LogP contribution in [0, 0.1) is 0 Å². The maximum atomic E-state index is 11.2. The van der Waals surface area contributed by atoms with Gasteiger partial charge in [-0.05, 0) is 49.4 Å². The molecule has 20 heavy (non-hydrogen) atoms. The fourth-order valence-corrected chi connectivity index (χ4v) is 4.09. The number of carboxylic acid groups (broad SMARTS) is 1. The van der Waals surface area contributed by atoms with Crippen molar-refractivity contribution < 1.29 is 15.0 Å². The molecule has 1 aromatic rings. The molecule has 0 saturated carbocycles. The predicted octanol–water partition coefficient (Wildman–Crippen LogP) is 3.18. The molecule has 0 aromatic heterocycles. The van der Waals surface area contributed by atoms with Crippen LogP contribution in [0.1, 0.15) is 43.4 Å². The maximum absolute atomic E-state index is 11.2. The maximum Gasteiger partial charge on any atom is 0.407 e. The van der Waals surface area contributed by atoms with Gasteiger partial charge in [0.1, 0.15) is 0 Å². The Morgan fingerprint density at radius 1 is 1.45 bits per heavy atom. The number of piperidine rings is 1. The minimum atomic E-state index is -0.864. The van der Waals surface area contributed by atoms with E-state index in [1.54, 1.807) is 6.07 Å². The van der Waals surface area contributed by atoms with Gasteiger partial charge in [-0.2, -0.15) is 0 Å². The molecule has 3 atom stereocenters. The van der Waals surface area contributed by atoms with Crippen molar-refractivity contribution in [2.75, 3.05) is 6.54 Å². The Morgan fingerprint density at radius 2 is 2.20 bits per heavy atom. The summed E-state index contributed by atoms with van der Waals surface area (Å²) in [5.74, 6) is 0. The molecule has 1 saturated heterocycles. The van der Waals surface area contributed by atoms with Gasteiger partial charge in [-0.25, -0.2) is 4.79 Å². The number of halogens is 1. The largest absolute Gasteiger partial charge is 0.465 e. The van der Waals surface area contributed by atoms with Crippen LogP contribution in [0.4, 0.5) is 4.79 Å². The first-order valence-electron chi connectivity index (χ1n) is 6.90. The van der Waals surface area contributed by atoms with Gasteiger partial charge in [-0.1, -0.05) is 17.7 Å². The number of aliphatic hydroxyl groups excluding tert-OH is 1. The summed E-state index contributed by atoms with van der Waals surface area (Å²) in [5, 5.41) is 20.1. The molecule has 0 radical (unpaired) electrons. The second-order valence-electron chi connectivity index (χ2n) is 6.01. The van der Waals surface area contributed by atoms with E-state index in [0.717, 1.165) is 24.0 Å². The normalized spacial score (nSPS) is 32.5. The molecule has 1 aromatic carbocycles. The number of likely N-dealkylation sites (tertiary alicyclic amines) is 1. The van der Waals surface area contributed by atoms with Crippen molar-refractivity contribution in [1.29, 1.82) is 0 Å². The van der Waals surface area contributed by atoms with Gasteiger partial charge in [0.05, 0.1) is 6.10 Å². The van der Waals surface area contributed by atoms with Crippen molar-refractivity contribution in [2.45, 2.75) is 43.7 Å². The Balaban J connectivity index is 1.97. The van der Waals surface area contributed by atoms with E-state index >= 15 is 0 Å². The van der Waals surface area contributed by atoms with Gasteiger partial charge >= 0.3 is 6.09 Å². The van der Waals surface area contributed by atoms with E-state index in [2.05, 4.69) is 0 Å². The van der Waals surface area contributed by atoms with Crippen LogP contribution < -0.4 is 0 Å². The number of amides is 1. The molecular formula is C15H18ClNO3. The lowest BCUT2D eigenvalue weighted by Gasteiger charge is -2.43. The van der Waals surface area contributed by atoms with Crippen molar-refractivity contribution >= 4 is 17.7 Å². The molecule has 1 spiro atoms. The van der Waals surface area contributed by atoms with Crippen LogP contribution in [0.5, 0.6) is 0 Å². The Hall–Kier alpha value is -1.26. The minimum absolute atomic E-state index is 0.0432. The molecule has 1 amide bonds. The lowest BCUT2D eigenvalue weighted by molar-refractivity contribution is 0.0702. The molecule has 108 valence electrons. The van der Waals surface area contributed by atoms with Gasteiger partial charge in [0, 0.05) is 23.0 Å². The van der Waals surface area contributed by atoms with E-state index in [1.165, 1.54) is 4.90 Å². The molecule has 5 heteroatoms. The summed E-state index contributed by atoms with van der Waals surface area (Å²) < 4.78 is 0. The fraction of sp³-hybridized carbons (Fsp3) is 0.533. The van der Waals surface area contributed by atoms with Crippen LogP contribution in [0.15, 0.2) is 18.2 Å². The molecule has 1 heterocycles. The van der Waals surface area contributed by atoms with Gasteiger partial charge in [0.25, 0.3) is 0 Å². The number of benzene rings is 1. The average molecular weight is 296 g/mol. The second kappa shape index (κ2) is 4.64. The number of carbonyl (C=O) groups is 1. The Morgan fingerprint density at radius 3 is 2.85 bits per heavy atom. The summed E-state index contributed by atoms with van der Waals surface area (Å²) in [6.07, 6.45) is 0.821. The van der Waals surface area contributed by atoms with Crippen LogP contribution in [-0.2, 0) is 5.41 Å². The van der Waals surface area contributed by atoms with E-state index in [0.29, 0.717) is 18.0 Å². The third kappa shape index (κ3) is 1.98. The highest BCUT2D eigenvalue weighted by Crippen LogP contribution is 2.52. The summed E-state index contributed by atoms with van der Waals surface area (Å²) in [6.45, 7) is 2.44. The number of hydrogen-bond acceptors (Lipinski definition) is 2. The van der Waals surface area contributed by atoms with Gasteiger partial charge in [0.2, 0.25) is 0 Å². The Bertz CT molecular complexity index is 562. The van der Waals surface area contributed by atoms with Crippen molar-refractivity contribution in [3.05, 3.63) is 34.3 Å². The van der Waals surface area contributed by atoms with Crippen LogP contribution in [0.25, 0.3) is 0 Å². The summed E-state index contributed by atoms with van der Waals surface area (Å²) in [7, 11) is 0. The smallest absolute Gasteiger partial charge is 0.407 e. The first-order chi connectivity index (χ1) is 9.43. The molecule has 1 aliphatic heterocycles. The van der Waals surface area contributed by atoms with E-state index in [1.807, 2.05) is 19.1 Å². The standard InChI is InChI=1S/C15H18ClNO3/c1-9-7-15(4-5-17(9)14(19)20)8-13(18)11-3-2-10(16)6-12(11)15/h2-3,6,9,13,18H,4-5,7-8H2,1H3,(H,19,20)/t9-,13?,15?/m0/s1. The van der Waals surface area contributed by atoms with Crippen molar-refractivity contribution in [2.24, 2.45) is 0 Å². The highest BCUT2D eigenvalue weighted by Gasteiger charge is 2.47. The van der Waals surface area contributed by atoms with Crippen LogP contribution in [0.3, 0.4) is 0 Å². The van der Waals surface area contributed by atoms with Gasteiger partial charge < -0.3 is 15.1 Å². The predicted molar refractivity (Wildman–Crippen MR) is 76.1 cm³/mol. The zero-order valence-corrected chi connectivity index (χ0v) is 12.1. The van der Waals surface area contributed by atoms with Crippen molar-refractivity contribution in [3.8, 4) is 0 Å². The average Bonchev–Trinajstić information content (AvgIpc) is 2.61. The molecule has 3 rings (SSSR count). The van der Waals surface area contributed by atoms with Crippen LogP contribution >= 0.6 is 11.6 Å². The molecule has 1 aliphatic carbocycles. The highest BCUT2D eigenvalue weighted by atomic mass is 35.5. The zero-order chi connectivity index (χ0) is 14.5. The monoisotopic (exact) mass is 295 g/mol.